The molecule has 4 rings (SSSR count). The second-order valence-corrected chi connectivity index (χ2v) is 9.42. The summed E-state index contributed by atoms with van der Waals surface area (Å²) in [6.45, 7) is 0. The average Bonchev–Trinajstić information content (AvgIpc) is 3.21. The zero-order valence-electron chi connectivity index (χ0n) is 17.6. The van der Waals surface area contributed by atoms with Crippen molar-refractivity contribution in [3.63, 3.8) is 0 Å². The lowest BCUT2D eigenvalue weighted by Crippen LogP contribution is -2.30. The van der Waals surface area contributed by atoms with E-state index in [0.29, 0.717) is 23.6 Å². The molecule has 0 bridgehead atoms. The number of carbonyl (C=O) groups excluding carboxylic acids is 1. The van der Waals surface area contributed by atoms with Crippen LogP contribution in [-0.2, 0) is 0 Å². The van der Waals surface area contributed by atoms with Crippen molar-refractivity contribution in [3.05, 3.63) is 76.8 Å². The highest BCUT2D eigenvalue weighted by molar-refractivity contribution is 7.15. The SMILES string of the molecule is CN(C)C(c1ccccc1)C1CCC(c2sc(-c3ccccc3)nc2C(N)=O)CC1. The first-order valence-corrected chi connectivity index (χ1v) is 11.4. The maximum Gasteiger partial charge on any atom is 0.268 e. The van der Waals surface area contributed by atoms with E-state index in [2.05, 4.69) is 54.3 Å². The number of amides is 1. The zero-order chi connectivity index (χ0) is 21.1. The van der Waals surface area contributed by atoms with Crippen LogP contribution < -0.4 is 5.73 Å². The van der Waals surface area contributed by atoms with E-state index >= 15 is 0 Å². The number of hydrogen-bond acceptors (Lipinski definition) is 4. The Morgan fingerprint density at radius 3 is 2.17 bits per heavy atom. The normalized spacial score (nSPS) is 20.2. The van der Waals surface area contributed by atoms with E-state index in [1.54, 1.807) is 11.3 Å². The van der Waals surface area contributed by atoms with Gasteiger partial charge in [0.15, 0.2) is 0 Å². The molecule has 156 valence electrons. The van der Waals surface area contributed by atoms with Gasteiger partial charge in [-0.3, -0.25) is 4.79 Å². The summed E-state index contributed by atoms with van der Waals surface area (Å²) in [6, 6.07) is 21.3. The van der Waals surface area contributed by atoms with Gasteiger partial charge in [0.2, 0.25) is 0 Å². The van der Waals surface area contributed by atoms with Crippen molar-refractivity contribution in [3.8, 4) is 10.6 Å². The Morgan fingerprint density at radius 1 is 1.00 bits per heavy atom. The molecule has 0 aliphatic heterocycles. The predicted molar refractivity (Wildman–Crippen MR) is 124 cm³/mol. The molecule has 2 N–H and O–H groups in total. The molecule has 1 aromatic heterocycles. The Labute approximate surface area is 182 Å². The van der Waals surface area contributed by atoms with E-state index in [0.717, 1.165) is 41.1 Å². The van der Waals surface area contributed by atoms with Gasteiger partial charge in [0, 0.05) is 16.5 Å². The number of aromatic nitrogens is 1. The Bertz CT molecular complexity index is 976. The average molecular weight is 420 g/mol. The molecule has 1 aliphatic carbocycles. The summed E-state index contributed by atoms with van der Waals surface area (Å²) in [5, 5.41) is 0.886. The highest BCUT2D eigenvalue weighted by Crippen LogP contribution is 2.45. The minimum atomic E-state index is -0.416. The molecule has 1 aliphatic rings. The molecule has 4 nitrogen and oxygen atoms in total. The lowest BCUT2D eigenvalue weighted by Gasteiger charge is -2.37. The van der Waals surface area contributed by atoms with Gasteiger partial charge < -0.3 is 10.6 Å². The van der Waals surface area contributed by atoms with Crippen LogP contribution >= 0.6 is 11.3 Å². The Hall–Kier alpha value is -2.50. The number of thiazole rings is 1. The van der Waals surface area contributed by atoms with Crippen LogP contribution in [0.25, 0.3) is 10.6 Å². The topological polar surface area (TPSA) is 59.2 Å². The van der Waals surface area contributed by atoms with E-state index in [4.69, 9.17) is 5.73 Å². The summed E-state index contributed by atoms with van der Waals surface area (Å²) < 4.78 is 0. The monoisotopic (exact) mass is 419 g/mol. The molecule has 1 fully saturated rings. The van der Waals surface area contributed by atoms with E-state index in [9.17, 15) is 4.79 Å². The molecule has 3 aromatic rings. The molecule has 2 aromatic carbocycles. The van der Waals surface area contributed by atoms with Gasteiger partial charge >= 0.3 is 0 Å². The fraction of sp³-hybridized carbons (Fsp3) is 0.360. The van der Waals surface area contributed by atoms with E-state index in [1.165, 1.54) is 5.56 Å². The third kappa shape index (κ3) is 4.32. The summed E-state index contributed by atoms with van der Waals surface area (Å²) in [5.41, 5.74) is 8.60. The molecule has 1 unspecified atom stereocenters. The molecule has 5 heteroatoms. The fourth-order valence-electron chi connectivity index (χ4n) is 4.83. The van der Waals surface area contributed by atoms with Crippen molar-refractivity contribution in [1.29, 1.82) is 0 Å². The highest BCUT2D eigenvalue weighted by Gasteiger charge is 2.33. The van der Waals surface area contributed by atoms with Crippen molar-refractivity contribution < 1.29 is 4.79 Å². The van der Waals surface area contributed by atoms with Crippen molar-refractivity contribution in [2.45, 2.75) is 37.6 Å². The Kier molecular flexibility index (Phi) is 6.30. The maximum atomic E-state index is 12.1. The van der Waals surface area contributed by atoms with Crippen LogP contribution in [-0.4, -0.2) is 29.9 Å². The summed E-state index contributed by atoms with van der Waals surface area (Å²) in [4.78, 5) is 20.1. The molecule has 0 saturated heterocycles. The van der Waals surface area contributed by atoms with Crippen LogP contribution in [0.15, 0.2) is 60.7 Å². The number of nitrogens with two attached hydrogens (primary N) is 1. The summed E-state index contributed by atoms with van der Waals surface area (Å²) in [5.74, 6) is 0.551. The van der Waals surface area contributed by atoms with Gasteiger partial charge in [-0.2, -0.15) is 0 Å². The maximum absolute atomic E-state index is 12.1. The van der Waals surface area contributed by atoms with Gasteiger partial charge in [-0.15, -0.1) is 11.3 Å². The molecule has 1 heterocycles. The first-order valence-electron chi connectivity index (χ1n) is 10.6. The summed E-state index contributed by atoms with van der Waals surface area (Å²) in [7, 11) is 4.34. The first-order chi connectivity index (χ1) is 14.5. The van der Waals surface area contributed by atoms with E-state index < -0.39 is 5.91 Å². The number of nitrogens with zero attached hydrogens (tertiary/aromatic N) is 2. The minimum absolute atomic E-state index is 0.359. The van der Waals surface area contributed by atoms with Gasteiger partial charge in [-0.25, -0.2) is 4.98 Å². The number of primary amides is 1. The van der Waals surface area contributed by atoms with Gasteiger partial charge in [-0.05, 0) is 57.2 Å². The van der Waals surface area contributed by atoms with E-state index in [-0.39, 0.29) is 0 Å². The molecule has 0 radical (unpaired) electrons. The van der Waals surface area contributed by atoms with Crippen molar-refractivity contribution in [2.24, 2.45) is 11.7 Å². The van der Waals surface area contributed by atoms with Crippen LogP contribution in [0, 0.1) is 5.92 Å². The lowest BCUT2D eigenvalue weighted by molar-refractivity contribution is 0.0994. The highest BCUT2D eigenvalue weighted by atomic mass is 32.1. The smallest absolute Gasteiger partial charge is 0.268 e. The number of rotatable bonds is 6. The molecule has 1 saturated carbocycles. The van der Waals surface area contributed by atoms with Crippen molar-refractivity contribution >= 4 is 17.2 Å². The largest absolute Gasteiger partial charge is 0.364 e. The van der Waals surface area contributed by atoms with Crippen LogP contribution in [0.3, 0.4) is 0 Å². The predicted octanol–water partition coefficient (Wildman–Crippen LogP) is 5.49. The van der Waals surface area contributed by atoms with Crippen molar-refractivity contribution in [2.75, 3.05) is 14.1 Å². The third-order valence-corrected chi connectivity index (χ3v) is 7.46. The standard InChI is InChI=1S/C25H29N3OS/c1-28(2)22(17-9-5-3-6-10-17)18-13-15-19(16-14-18)23-21(24(26)29)27-25(30-23)20-11-7-4-8-12-20/h3-12,18-19,22H,13-16H2,1-2H3,(H2,26,29). The quantitative estimate of drug-likeness (QED) is 0.575. The molecule has 30 heavy (non-hydrogen) atoms. The van der Waals surface area contributed by atoms with Gasteiger partial charge in [0.1, 0.15) is 10.7 Å². The molecular weight excluding hydrogens is 390 g/mol. The first kappa shape index (κ1) is 20.8. The number of benzene rings is 2. The third-order valence-electron chi connectivity index (χ3n) is 6.19. The van der Waals surface area contributed by atoms with Crippen LogP contribution in [0.5, 0.6) is 0 Å². The van der Waals surface area contributed by atoms with Crippen LogP contribution in [0.4, 0.5) is 0 Å². The summed E-state index contributed by atoms with van der Waals surface area (Å²) >= 11 is 1.64. The second-order valence-electron chi connectivity index (χ2n) is 8.39. The number of hydrogen-bond donors (Lipinski definition) is 1. The van der Waals surface area contributed by atoms with Crippen LogP contribution in [0.2, 0.25) is 0 Å². The van der Waals surface area contributed by atoms with E-state index in [1.807, 2.05) is 30.3 Å². The lowest BCUT2D eigenvalue weighted by atomic mass is 9.75. The number of carbonyl (C=O) groups is 1. The van der Waals surface area contributed by atoms with Gasteiger partial charge in [0.25, 0.3) is 5.91 Å². The molecule has 1 amide bonds. The zero-order valence-corrected chi connectivity index (χ0v) is 18.4. The molecule has 0 spiro atoms. The molecule has 1 atom stereocenters. The summed E-state index contributed by atoms with van der Waals surface area (Å²) in [6.07, 6.45) is 4.41. The molecular formula is C25H29N3OS. The minimum Gasteiger partial charge on any atom is -0.364 e. The van der Waals surface area contributed by atoms with Gasteiger partial charge in [0.05, 0.1) is 0 Å². The second kappa shape index (κ2) is 9.11. The van der Waals surface area contributed by atoms with Gasteiger partial charge in [-0.1, -0.05) is 60.7 Å². The van der Waals surface area contributed by atoms with Crippen LogP contribution in [0.1, 0.15) is 58.6 Å². The Balaban J connectivity index is 1.54. The fourth-order valence-corrected chi connectivity index (χ4v) is 6.07. The van der Waals surface area contributed by atoms with Crippen molar-refractivity contribution in [1.82, 2.24) is 9.88 Å². The Morgan fingerprint density at radius 2 is 1.60 bits per heavy atom.